The van der Waals surface area contributed by atoms with Gasteiger partial charge in [0.05, 0.1) is 0 Å². The first-order valence-electron chi connectivity index (χ1n) is 7.52. The van der Waals surface area contributed by atoms with Crippen molar-refractivity contribution in [1.82, 2.24) is 0 Å². The SMILES string of the molecule is CC(C)(C)C1CCCN(c2cccc(F)c2CBr)CC1. The number of benzene rings is 1. The van der Waals surface area contributed by atoms with E-state index in [0.717, 1.165) is 30.3 Å². The predicted octanol–water partition coefficient (Wildman–Crippen LogP) is 5.37. The van der Waals surface area contributed by atoms with Gasteiger partial charge in [0.15, 0.2) is 0 Å². The van der Waals surface area contributed by atoms with Crippen molar-refractivity contribution in [2.45, 2.75) is 45.4 Å². The van der Waals surface area contributed by atoms with E-state index >= 15 is 0 Å². The summed E-state index contributed by atoms with van der Waals surface area (Å²) in [7, 11) is 0. The molecule has 0 aliphatic carbocycles. The Hall–Kier alpha value is -0.570. The van der Waals surface area contributed by atoms with Crippen LogP contribution in [0, 0.1) is 17.2 Å². The van der Waals surface area contributed by atoms with Crippen LogP contribution in [0.5, 0.6) is 0 Å². The number of nitrogens with zero attached hydrogens (tertiary/aromatic N) is 1. The van der Waals surface area contributed by atoms with Crippen molar-refractivity contribution < 1.29 is 4.39 Å². The second-order valence-electron chi connectivity index (χ2n) is 6.85. The van der Waals surface area contributed by atoms with Gasteiger partial charge in [-0.25, -0.2) is 4.39 Å². The van der Waals surface area contributed by atoms with Gasteiger partial charge < -0.3 is 4.90 Å². The molecule has 1 heterocycles. The van der Waals surface area contributed by atoms with Crippen LogP contribution in [0.15, 0.2) is 18.2 Å². The van der Waals surface area contributed by atoms with E-state index in [1.807, 2.05) is 6.07 Å². The monoisotopic (exact) mass is 341 g/mol. The van der Waals surface area contributed by atoms with Gasteiger partial charge in [0.25, 0.3) is 0 Å². The molecule has 0 bridgehead atoms. The Balaban J connectivity index is 2.17. The van der Waals surface area contributed by atoms with E-state index in [-0.39, 0.29) is 5.82 Å². The van der Waals surface area contributed by atoms with Crippen LogP contribution in [0.3, 0.4) is 0 Å². The standard InChI is InChI=1S/C17H25BrFN/c1-17(2,3)13-6-5-10-20(11-9-13)16-8-4-7-15(19)14(16)12-18/h4,7-8,13H,5-6,9-12H2,1-3H3. The first kappa shape index (κ1) is 15.8. The summed E-state index contributed by atoms with van der Waals surface area (Å²) in [5.74, 6) is 0.657. The van der Waals surface area contributed by atoms with Crippen LogP contribution in [-0.4, -0.2) is 13.1 Å². The lowest BCUT2D eigenvalue weighted by atomic mass is 9.77. The topological polar surface area (TPSA) is 3.24 Å². The van der Waals surface area contributed by atoms with E-state index in [0.29, 0.717) is 10.7 Å². The Morgan fingerprint density at radius 1 is 1.25 bits per heavy atom. The molecule has 0 aromatic heterocycles. The molecule has 1 aromatic carbocycles. The molecule has 1 unspecified atom stereocenters. The average molecular weight is 342 g/mol. The maximum atomic E-state index is 13.9. The van der Waals surface area contributed by atoms with Crippen LogP contribution in [0.4, 0.5) is 10.1 Å². The lowest BCUT2D eigenvalue weighted by molar-refractivity contribution is 0.220. The van der Waals surface area contributed by atoms with Gasteiger partial charge >= 0.3 is 0 Å². The molecule has 0 amide bonds. The summed E-state index contributed by atoms with van der Waals surface area (Å²) in [6, 6.07) is 5.43. The van der Waals surface area contributed by atoms with E-state index in [1.54, 1.807) is 6.07 Å². The van der Waals surface area contributed by atoms with Crippen molar-refractivity contribution in [3.8, 4) is 0 Å². The van der Waals surface area contributed by atoms with Crippen LogP contribution >= 0.6 is 15.9 Å². The van der Waals surface area contributed by atoms with Gasteiger partial charge in [0, 0.05) is 29.7 Å². The Bertz CT molecular complexity index is 453. The minimum absolute atomic E-state index is 0.101. The van der Waals surface area contributed by atoms with Gasteiger partial charge in [0.1, 0.15) is 5.82 Å². The fourth-order valence-corrected chi connectivity index (χ4v) is 3.73. The molecular formula is C17H25BrFN. The lowest BCUT2D eigenvalue weighted by Crippen LogP contribution is -2.27. The van der Waals surface area contributed by atoms with E-state index < -0.39 is 0 Å². The van der Waals surface area contributed by atoms with Gasteiger partial charge in [-0.2, -0.15) is 0 Å². The molecular weight excluding hydrogens is 317 g/mol. The van der Waals surface area contributed by atoms with Gasteiger partial charge in [0.2, 0.25) is 0 Å². The third-order valence-corrected chi connectivity index (χ3v) is 5.08. The Kier molecular flexibility index (Phi) is 5.11. The first-order valence-corrected chi connectivity index (χ1v) is 8.64. The smallest absolute Gasteiger partial charge is 0.129 e. The van der Waals surface area contributed by atoms with Crippen LogP contribution in [0.2, 0.25) is 0 Å². The van der Waals surface area contributed by atoms with Gasteiger partial charge in [-0.05, 0) is 42.7 Å². The van der Waals surface area contributed by atoms with Crippen LogP contribution in [0.1, 0.15) is 45.6 Å². The molecule has 1 saturated heterocycles. The van der Waals surface area contributed by atoms with E-state index in [1.165, 1.54) is 19.3 Å². The molecule has 2 rings (SSSR count). The molecule has 1 atom stereocenters. The molecule has 0 N–H and O–H groups in total. The number of anilines is 1. The minimum Gasteiger partial charge on any atom is -0.371 e. The number of hydrogen-bond donors (Lipinski definition) is 0. The largest absolute Gasteiger partial charge is 0.371 e. The second-order valence-corrected chi connectivity index (χ2v) is 7.41. The van der Waals surface area contributed by atoms with Gasteiger partial charge in [-0.3, -0.25) is 0 Å². The Labute approximate surface area is 130 Å². The maximum Gasteiger partial charge on any atom is 0.129 e. The molecule has 1 fully saturated rings. The molecule has 1 aliphatic rings. The summed E-state index contributed by atoms with van der Waals surface area (Å²) in [4.78, 5) is 2.37. The minimum atomic E-state index is -0.101. The highest BCUT2D eigenvalue weighted by molar-refractivity contribution is 9.08. The molecule has 0 radical (unpaired) electrons. The van der Waals surface area contributed by atoms with Crippen molar-refractivity contribution in [3.63, 3.8) is 0 Å². The molecule has 1 aliphatic heterocycles. The average Bonchev–Trinajstić information content (AvgIpc) is 2.63. The number of hydrogen-bond acceptors (Lipinski definition) is 1. The fraction of sp³-hybridized carbons (Fsp3) is 0.647. The summed E-state index contributed by atoms with van der Waals surface area (Å²) in [5, 5.41) is 0.578. The van der Waals surface area contributed by atoms with Crippen molar-refractivity contribution in [2.24, 2.45) is 11.3 Å². The van der Waals surface area contributed by atoms with Crippen molar-refractivity contribution in [1.29, 1.82) is 0 Å². The molecule has 20 heavy (non-hydrogen) atoms. The number of alkyl halides is 1. The predicted molar refractivity (Wildman–Crippen MR) is 88.0 cm³/mol. The molecule has 0 saturated carbocycles. The quantitative estimate of drug-likeness (QED) is 0.653. The third-order valence-electron chi connectivity index (χ3n) is 4.52. The van der Waals surface area contributed by atoms with E-state index in [9.17, 15) is 4.39 Å². The zero-order valence-electron chi connectivity index (χ0n) is 12.8. The maximum absolute atomic E-state index is 13.9. The van der Waals surface area contributed by atoms with E-state index in [4.69, 9.17) is 0 Å². The number of halogens is 2. The molecule has 1 nitrogen and oxygen atoms in total. The fourth-order valence-electron chi connectivity index (χ4n) is 3.18. The summed E-state index contributed by atoms with van der Waals surface area (Å²) in [6.45, 7) is 9.07. The normalized spacial score (nSPS) is 20.9. The van der Waals surface area contributed by atoms with Gasteiger partial charge in [-0.15, -0.1) is 0 Å². The Morgan fingerprint density at radius 2 is 2.00 bits per heavy atom. The van der Waals surface area contributed by atoms with Crippen molar-refractivity contribution in [2.75, 3.05) is 18.0 Å². The molecule has 0 spiro atoms. The van der Waals surface area contributed by atoms with Crippen LogP contribution in [0.25, 0.3) is 0 Å². The van der Waals surface area contributed by atoms with Crippen LogP contribution < -0.4 is 4.90 Å². The molecule has 3 heteroatoms. The van der Waals surface area contributed by atoms with Crippen molar-refractivity contribution >= 4 is 21.6 Å². The van der Waals surface area contributed by atoms with Crippen LogP contribution in [-0.2, 0) is 5.33 Å². The first-order chi connectivity index (χ1) is 9.43. The summed E-state index contributed by atoms with van der Waals surface area (Å²) < 4.78 is 13.9. The number of rotatable bonds is 2. The molecule has 112 valence electrons. The zero-order chi connectivity index (χ0) is 14.8. The molecule has 1 aromatic rings. The lowest BCUT2D eigenvalue weighted by Gasteiger charge is -2.30. The summed E-state index contributed by atoms with van der Waals surface area (Å²) in [6.07, 6.45) is 3.67. The van der Waals surface area contributed by atoms with E-state index in [2.05, 4.69) is 47.7 Å². The highest BCUT2D eigenvalue weighted by atomic mass is 79.9. The van der Waals surface area contributed by atoms with Gasteiger partial charge in [-0.1, -0.05) is 42.8 Å². The highest BCUT2D eigenvalue weighted by Crippen LogP contribution is 2.36. The third kappa shape index (κ3) is 3.55. The zero-order valence-corrected chi connectivity index (χ0v) is 14.3. The Morgan fingerprint density at radius 3 is 2.65 bits per heavy atom. The van der Waals surface area contributed by atoms with Crippen molar-refractivity contribution in [3.05, 3.63) is 29.6 Å². The summed E-state index contributed by atoms with van der Waals surface area (Å²) in [5.41, 5.74) is 2.23. The second kappa shape index (κ2) is 6.46. The highest BCUT2D eigenvalue weighted by Gasteiger charge is 2.27. The summed E-state index contributed by atoms with van der Waals surface area (Å²) >= 11 is 3.42.